The molecule has 100 valence electrons. The molecule has 0 atom stereocenters. The summed E-state index contributed by atoms with van der Waals surface area (Å²) >= 11 is 0. The average molecular weight is 267 g/mol. The van der Waals surface area contributed by atoms with Gasteiger partial charge in [0, 0.05) is 0 Å². The highest BCUT2D eigenvalue weighted by atomic mass is 16.4. The Labute approximate surface area is 115 Å². The lowest BCUT2D eigenvalue weighted by Crippen LogP contribution is -2.02. The quantitative estimate of drug-likeness (QED) is 0.791. The summed E-state index contributed by atoms with van der Waals surface area (Å²) in [4.78, 5) is 10.9. The van der Waals surface area contributed by atoms with E-state index in [0.717, 1.165) is 11.1 Å². The smallest absolute Gasteiger partial charge is 0.335 e. The number of nitrogens with zero attached hydrogens (tertiary/aromatic N) is 3. The maximum atomic E-state index is 10.9. The zero-order chi connectivity index (χ0) is 14.1. The lowest BCUT2D eigenvalue weighted by Gasteiger charge is -2.03. The highest BCUT2D eigenvalue weighted by Crippen LogP contribution is 2.15. The second-order valence-corrected chi connectivity index (χ2v) is 4.74. The summed E-state index contributed by atoms with van der Waals surface area (Å²) in [5.74, 6) is -0.958. The van der Waals surface area contributed by atoms with Crippen molar-refractivity contribution in [3.63, 3.8) is 0 Å². The van der Waals surface area contributed by atoms with Gasteiger partial charge in [-0.2, -0.15) is 0 Å². The Bertz CT molecular complexity index is 775. The van der Waals surface area contributed by atoms with E-state index in [4.69, 9.17) is 5.11 Å². The zero-order valence-electron chi connectivity index (χ0n) is 10.9. The van der Waals surface area contributed by atoms with Crippen LogP contribution in [0.4, 0.5) is 0 Å². The molecule has 1 heterocycles. The molecule has 0 unspecified atom stereocenters. The van der Waals surface area contributed by atoms with Gasteiger partial charge in [-0.1, -0.05) is 35.0 Å². The van der Waals surface area contributed by atoms with E-state index in [2.05, 4.69) is 34.6 Å². The molecule has 0 aliphatic carbocycles. The van der Waals surface area contributed by atoms with Crippen LogP contribution in [-0.4, -0.2) is 26.1 Å². The minimum atomic E-state index is -0.958. The Kier molecular flexibility index (Phi) is 2.95. The van der Waals surface area contributed by atoms with Gasteiger partial charge < -0.3 is 5.11 Å². The van der Waals surface area contributed by atoms with Crippen molar-refractivity contribution in [2.75, 3.05) is 0 Å². The van der Waals surface area contributed by atoms with Gasteiger partial charge in [-0.05, 0) is 30.7 Å². The zero-order valence-corrected chi connectivity index (χ0v) is 10.9. The summed E-state index contributed by atoms with van der Waals surface area (Å²) in [6, 6.07) is 13.1. The standard InChI is InChI=1S/C15H13N3O2/c1-10-2-4-11(5-3-10)9-18-14-7-6-12(15(19)20)8-13(14)16-17-18/h2-8H,9H2,1H3,(H,19,20). The number of rotatable bonds is 3. The number of aromatic carboxylic acids is 1. The second-order valence-electron chi connectivity index (χ2n) is 4.74. The summed E-state index contributed by atoms with van der Waals surface area (Å²) in [6.45, 7) is 2.66. The van der Waals surface area contributed by atoms with Crippen LogP contribution >= 0.6 is 0 Å². The average Bonchev–Trinajstić information content (AvgIpc) is 2.84. The van der Waals surface area contributed by atoms with Crippen molar-refractivity contribution in [3.8, 4) is 0 Å². The number of fused-ring (bicyclic) bond motifs is 1. The van der Waals surface area contributed by atoms with Crippen LogP contribution in [0.2, 0.25) is 0 Å². The maximum absolute atomic E-state index is 10.9. The predicted molar refractivity (Wildman–Crippen MR) is 74.8 cm³/mol. The van der Waals surface area contributed by atoms with Gasteiger partial charge in [0.2, 0.25) is 0 Å². The molecule has 0 aliphatic heterocycles. The fourth-order valence-corrected chi connectivity index (χ4v) is 2.09. The Balaban J connectivity index is 1.96. The number of carboxylic acid groups (broad SMARTS) is 1. The van der Waals surface area contributed by atoms with Crippen LogP contribution < -0.4 is 0 Å². The molecule has 3 aromatic rings. The number of aromatic nitrogens is 3. The number of hydrogen-bond acceptors (Lipinski definition) is 3. The van der Waals surface area contributed by atoms with Gasteiger partial charge in [-0.25, -0.2) is 9.48 Å². The second kappa shape index (κ2) is 4.77. The van der Waals surface area contributed by atoms with Crippen molar-refractivity contribution < 1.29 is 9.90 Å². The van der Waals surface area contributed by atoms with Crippen LogP contribution in [-0.2, 0) is 6.54 Å². The first-order chi connectivity index (χ1) is 9.63. The molecule has 0 fully saturated rings. The summed E-state index contributed by atoms with van der Waals surface area (Å²) in [5, 5.41) is 17.1. The van der Waals surface area contributed by atoms with E-state index < -0.39 is 5.97 Å². The summed E-state index contributed by atoms with van der Waals surface area (Å²) in [5.41, 5.74) is 3.99. The molecule has 1 aromatic heterocycles. The molecular weight excluding hydrogens is 254 g/mol. The van der Waals surface area contributed by atoms with Gasteiger partial charge >= 0.3 is 5.97 Å². The highest BCUT2D eigenvalue weighted by Gasteiger charge is 2.09. The van der Waals surface area contributed by atoms with Crippen LogP contribution in [0.15, 0.2) is 42.5 Å². The van der Waals surface area contributed by atoms with E-state index >= 15 is 0 Å². The van der Waals surface area contributed by atoms with E-state index in [9.17, 15) is 4.79 Å². The molecule has 0 spiro atoms. The van der Waals surface area contributed by atoms with Gasteiger partial charge in [0.1, 0.15) is 5.52 Å². The van der Waals surface area contributed by atoms with Gasteiger partial charge in [0.25, 0.3) is 0 Å². The highest BCUT2D eigenvalue weighted by molar-refractivity contribution is 5.92. The lowest BCUT2D eigenvalue weighted by molar-refractivity contribution is 0.0697. The maximum Gasteiger partial charge on any atom is 0.335 e. The predicted octanol–water partition coefficient (Wildman–Crippen LogP) is 2.49. The molecule has 5 heteroatoms. The molecular formula is C15H13N3O2. The van der Waals surface area contributed by atoms with Gasteiger partial charge in [0.05, 0.1) is 17.6 Å². The van der Waals surface area contributed by atoms with Crippen molar-refractivity contribution in [1.82, 2.24) is 15.0 Å². The molecule has 0 amide bonds. The summed E-state index contributed by atoms with van der Waals surface area (Å²) < 4.78 is 1.77. The van der Waals surface area contributed by atoms with E-state index in [1.165, 1.54) is 11.6 Å². The number of benzene rings is 2. The molecule has 0 saturated heterocycles. The Hall–Kier alpha value is -2.69. The topological polar surface area (TPSA) is 68.0 Å². The Morgan fingerprint density at radius 3 is 2.65 bits per heavy atom. The summed E-state index contributed by atoms with van der Waals surface area (Å²) in [6.07, 6.45) is 0. The van der Waals surface area contributed by atoms with Gasteiger partial charge in [0.15, 0.2) is 0 Å². The molecule has 20 heavy (non-hydrogen) atoms. The van der Waals surface area contributed by atoms with Crippen molar-refractivity contribution in [3.05, 3.63) is 59.2 Å². The number of hydrogen-bond donors (Lipinski definition) is 1. The monoisotopic (exact) mass is 267 g/mol. The summed E-state index contributed by atoms with van der Waals surface area (Å²) in [7, 11) is 0. The van der Waals surface area contributed by atoms with E-state index in [1.807, 2.05) is 6.92 Å². The number of aryl methyl sites for hydroxylation is 1. The first kappa shape index (κ1) is 12.3. The van der Waals surface area contributed by atoms with Crippen molar-refractivity contribution in [2.45, 2.75) is 13.5 Å². The molecule has 0 aliphatic rings. The molecule has 0 bridgehead atoms. The van der Waals surface area contributed by atoms with Crippen LogP contribution in [0, 0.1) is 6.92 Å². The molecule has 5 nitrogen and oxygen atoms in total. The van der Waals surface area contributed by atoms with Gasteiger partial charge in [-0.3, -0.25) is 0 Å². The largest absolute Gasteiger partial charge is 0.478 e. The minimum absolute atomic E-state index is 0.222. The molecule has 0 saturated carbocycles. The lowest BCUT2D eigenvalue weighted by atomic mass is 10.1. The van der Waals surface area contributed by atoms with Crippen molar-refractivity contribution in [1.29, 1.82) is 0 Å². The Morgan fingerprint density at radius 1 is 1.20 bits per heavy atom. The molecule has 3 rings (SSSR count). The molecule has 0 radical (unpaired) electrons. The number of carbonyl (C=O) groups is 1. The third-order valence-corrected chi connectivity index (χ3v) is 3.21. The van der Waals surface area contributed by atoms with E-state index in [-0.39, 0.29) is 5.56 Å². The fourth-order valence-electron chi connectivity index (χ4n) is 2.09. The minimum Gasteiger partial charge on any atom is -0.478 e. The Morgan fingerprint density at radius 2 is 1.95 bits per heavy atom. The first-order valence-electron chi connectivity index (χ1n) is 6.25. The first-order valence-corrected chi connectivity index (χ1v) is 6.25. The molecule has 1 N–H and O–H groups in total. The molecule has 2 aromatic carbocycles. The van der Waals surface area contributed by atoms with E-state index in [1.54, 1.807) is 16.8 Å². The van der Waals surface area contributed by atoms with Crippen LogP contribution in [0.1, 0.15) is 21.5 Å². The SMILES string of the molecule is Cc1ccc(Cn2nnc3cc(C(=O)O)ccc32)cc1. The van der Waals surface area contributed by atoms with Crippen LogP contribution in [0.25, 0.3) is 11.0 Å². The normalized spacial score (nSPS) is 10.8. The van der Waals surface area contributed by atoms with Crippen molar-refractivity contribution in [2.24, 2.45) is 0 Å². The third-order valence-electron chi connectivity index (χ3n) is 3.21. The van der Waals surface area contributed by atoms with E-state index in [0.29, 0.717) is 12.1 Å². The van der Waals surface area contributed by atoms with Crippen LogP contribution in [0.5, 0.6) is 0 Å². The van der Waals surface area contributed by atoms with Gasteiger partial charge in [-0.15, -0.1) is 5.10 Å². The fraction of sp³-hybridized carbons (Fsp3) is 0.133. The number of carboxylic acids is 1. The third kappa shape index (κ3) is 2.25. The van der Waals surface area contributed by atoms with Crippen LogP contribution in [0.3, 0.4) is 0 Å². The van der Waals surface area contributed by atoms with Crippen molar-refractivity contribution >= 4 is 17.0 Å².